The molecule has 7 heteroatoms. The van der Waals surface area contributed by atoms with Crippen LogP contribution in [-0.4, -0.2) is 55.1 Å². The van der Waals surface area contributed by atoms with E-state index in [2.05, 4.69) is 10.6 Å². The summed E-state index contributed by atoms with van der Waals surface area (Å²) < 4.78 is 0. The zero-order valence-corrected chi connectivity index (χ0v) is 13.5. The van der Waals surface area contributed by atoms with E-state index in [4.69, 9.17) is 5.11 Å². The van der Waals surface area contributed by atoms with E-state index in [0.717, 1.165) is 0 Å². The minimum atomic E-state index is -0.912. The minimum Gasteiger partial charge on any atom is -0.481 e. The number of carbonyl (C=O) groups is 3. The van der Waals surface area contributed by atoms with Crippen LogP contribution in [0.5, 0.6) is 0 Å². The SMILES string of the molecule is CNC(=O)C(C)CN(C)C(=O)NCC(CC(C)C)C(=O)O. The number of hydrogen-bond donors (Lipinski definition) is 3. The molecular formula is C14H27N3O4. The van der Waals surface area contributed by atoms with Gasteiger partial charge < -0.3 is 20.6 Å². The molecule has 0 rings (SSSR count). The molecule has 0 aromatic carbocycles. The Balaban J connectivity index is 4.34. The quantitative estimate of drug-likeness (QED) is 0.616. The van der Waals surface area contributed by atoms with Gasteiger partial charge in [0.25, 0.3) is 0 Å². The van der Waals surface area contributed by atoms with Gasteiger partial charge in [0.2, 0.25) is 5.91 Å². The molecule has 3 amide bonds. The number of amides is 3. The van der Waals surface area contributed by atoms with Gasteiger partial charge in [0.1, 0.15) is 0 Å². The molecule has 122 valence electrons. The number of carbonyl (C=O) groups excluding carboxylic acids is 2. The van der Waals surface area contributed by atoms with Crippen molar-refractivity contribution >= 4 is 17.9 Å². The first-order valence-corrected chi connectivity index (χ1v) is 7.12. The summed E-state index contributed by atoms with van der Waals surface area (Å²) in [4.78, 5) is 35.8. The lowest BCUT2D eigenvalue weighted by Crippen LogP contribution is -2.44. The molecule has 0 aliphatic heterocycles. The summed E-state index contributed by atoms with van der Waals surface area (Å²) in [5, 5.41) is 14.2. The van der Waals surface area contributed by atoms with Gasteiger partial charge in [0.15, 0.2) is 0 Å². The minimum absolute atomic E-state index is 0.0883. The molecule has 7 nitrogen and oxygen atoms in total. The Kier molecular flexibility index (Phi) is 8.42. The van der Waals surface area contributed by atoms with Crippen LogP contribution in [0.2, 0.25) is 0 Å². The Hall–Kier alpha value is -1.79. The highest BCUT2D eigenvalue weighted by atomic mass is 16.4. The Morgan fingerprint density at radius 1 is 1.19 bits per heavy atom. The maximum atomic E-state index is 11.9. The first kappa shape index (κ1) is 19.2. The summed E-state index contributed by atoms with van der Waals surface area (Å²) in [6, 6.07) is -0.374. The van der Waals surface area contributed by atoms with Crippen molar-refractivity contribution < 1.29 is 19.5 Å². The largest absolute Gasteiger partial charge is 0.481 e. The zero-order valence-electron chi connectivity index (χ0n) is 13.5. The molecule has 0 radical (unpaired) electrons. The molecule has 0 aliphatic rings. The third-order valence-corrected chi connectivity index (χ3v) is 3.19. The Morgan fingerprint density at radius 3 is 2.19 bits per heavy atom. The Morgan fingerprint density at radius 2 is 1.76 bits per heavy atom. The first-order valence-electron chi connectivity index (χ1n) is 7.12. The monoisotopic (exact) mass is 301 g/mol. The molecule has 0 saturated carbocycles. The summed E-state index contributed by atoms with van der Waals surface area (Å²) in [5.74, 6) is -1.73. The summed E-state index contributed by atoms with van der Waals surface area (Å²) in [6.07, 6.45) is 0.508. The number of carboxylic acid groups (broad SMARTS) is 1. The molecule has 21 heavy (non-hydrogen) atoms. The van der Waals surface area contributed by atoms with Crippen molar-refractivity contribution in [3.63, 3.8) is 0 Å². The van der Waals surface area contributed by atoms with Crippen LogP contribution in [0.3, 0.4) is 0 Å². The van der Waals surface area contributed by atoms with Crippen LogP contribution in [-0.2, 0) is 9.59 Å². The molecule has 0 spiro atoms. The van der Waals surface area contributed by atoms with Crippen molar-refractivity contribution in [2.75, 3.05) is 27.2 Å². The second-order valence-corrected chi connectivity index (χ2v) is 5.75. The van der Waals surface area contributed by atoms with Gasteiger partial charge in [-0.1, -0.05) is 20.8 Å². The summed E-state index contributed by atoms with van der Waals surface area (Å²) in [7, 11) is 3.12. The molecule has 0 aliphatic carbocycles. The fourth-order valence-corrected chi connectivity index (χ4v) is 2.01. The zero-order chi connectivity index (χ0) is 16.6. The average Bonchev–Trinajstić information content (AvgIpc) is 2.40. The molecular weight excluding hydrogens is 274 g/mol. The van der Waals surface area contributed by atoms with Crippen LogP contribution < -0.4 is 10.6 Å². The third-order valence-electron chi connectivity index (χ3n) is 3.19. The lowest BCUT2D eigenvalue weighted by molar-refractivity contribution is -0.142. The van der Waals surface area contributed by atoms with Gasteiger partial charge in [0, 0.05) is 27.2 Å². The number of aliphatic carboxylic acids is 1. The van der Waals surface area contributed by atoms with Crippen molar-refractivity contribution in [2.45, 2.75) is 27.2 Å². The fourth-order valence-electron chi connectivity index (χ4n) is 2.01. The van der Waals surface area contributed by atoms with Crippen LogP contribution in [0.1, 0.15) is 27.2 Å². The average molecular weight is 301 g/mol. The van der Waals surface area contributed by atoms with Crippen LogP contribution in [0.4, 0.5) is 4.79 Å². The van der Waals surface area contributed by atoms with Gasteiger partial charge in [-0.15, -0.1) is 0 Å². The number of urea groups is 1. The van der Waals surface area contributed by atoms with Crippen LogP contribution in [0.15, 0.2) is 0 Å². The maximum Gasteiger partial charge on any atom is 0.317 e. The summed E-state index contributed by atoms with van der Waals surface area (Å²) in [6.45, 7) is 5.96. The summed E-state index contributed by atoms with van der Waals surface area (Å²) in [5.41, 5.74) is 0. The lowest BCUT2D eigenvalue weighted by Gasteiger charge is -2.22. The fraction of sp³-hybridized carbons (Fsp3) is 0.786. The van der Waals surface area contributed by atoms with Crippen molar-refractivity contribution in [1.82, 2.24) is 15.5 Å². The van der Waals surface area contributed by atoms with Crippen LogP contribution in [0, 0.1) is 17.8 Å². The first-order chi connectivity index (χ1) is 9.68. The molecule has 0 fully saturated rings. The maximum absolute atomic E-state index is 11.9. The van der Waals surface area contributed by atoms with Crippen molar-refractivity contribution in [3.8, 4) is 0 Å². The normalized spacial score (nSPS) is 13.4. The Labute approximate surface area is 126 Å². The van der Waals surface area contributed by atoms with E-state index in [1.807, 2.05) is 13.8 Å². The van der Waals surface area contributed by atoms with Crippen molar-refractivity contribution in [3.05, 3.63) is 0 Å². The van der Waals surface area contributed by atoms with E-state index in [0.29, 0.717) is 6.42 Å². The molecule has 0 saturated heterocycles. The van der Waals surface area contributed by atoms with Crippen LogP contribution in [0.25, 0.3) is 0 Å². The molecule has 0 heterocycles. The number of rotatable bonds is 8. The van der Waals surface area contributed by atoms with Gasteiger partial charge in [-0.3, -0.25) is 9.59 Å². The van der Waals surface area contributed by atoms with E-state index in [9.17, 15) is 14.4 Å². The van der Waals surface area contributed by atoms with E-state index in [1.165, 1.54) is 4.90 Å². The molecule has 0 aromatic rings. The highest BCUT2D eigenvalue weighted by molar-refractivity contribution is 5.80. The number of hydrogen-bond acceptors (Lipinski definition) is 3. The van der Waals surface area contributed by atoms with Gasteiger partial charge in [-0.2, -0.15) is 0 Å². The number of nitrogens with one attached hydrogen (secondary N) is 2. The molecule has 0 bridgehead atoms. The predicted molar refractivity (Wildman–Crippen MR) is 79.8 cm³/mol. The van der Waals surface area contributed by atoms with Gasteiger partial charge in [-0.25, -0.2) is 4.79 Å². The molecule has 3 N–H and O–H groups in total. The second kappa shape index (κ2) is 9.20. The van der Waals surface area contributed by atoms with E-state index in [1.54, 1.807) is 21.0 Å². The van der Waals surface area contributed by atoms with Crippen molar-refractivity contribution in [2.24, 2.45) is 17.8 Å². The highest BCUT2D eigenvalue weighted by Crippen LogP contribution is 2.11. The van der Waals surface area contributed by atoms with E-state index >= 15 is 0 Å². The van der Waals surface area contributed by atoms with Gasteiger partial charge >= 0.3 is 12.0 Å². The predicted octanol–water partition coefficient (Wildman–Crippen LogP) is 0.757. The molecule has 2 atom stereocenters. The third kappa shape index (κ3) is 7.53. The van der Waals surface area contributed by atoms with Crippen LogP contribution >= 0.6 is 0 Å². The lowest BCUT2D eigenvalue weighted by atomic mass is 9.97. The standard InChI is InChI=1S/C14H27N3O4/c1-9(2)6-11(13(19)20)7-16-14(21)17(5)8-10(3)12(18)15-4/h9-11H,6-8H2,1-5H3,(H,15,18)(H,16,21)(H,19,20). The molecule has 2 unspecified atom stereocenters. The number of nitrogens with zero attached hydrogens (tertiary/aromatic N) is 1. The number of carboxylic acids is 1. The van der Waals surface area contributed by atoms with Crippen molar-refractivity contribution in [1.29, 1.82) is 0 Å². The van der Waals surface area contributed by atoms with Gasteiger partial charge in [-0.05, 0) is 12.3 Å². The smallest absolute Gasteiger partial charge is 0.317 e. The summed E-state index contributed by atoms with van der Waals surface area (Å²) >= 11 is 0. The molecule has 0 aromatic heterocycles. The topological polar surface area (TPSA) is 98.7 Å². The highest BCUT2D eigenvalue weighted by Gasteiger charge is 2.22. The van der Waals surface area contributed by atoms with E-state index in [-0.39, 0.29) is 36.9 Å². The van der Waals surface area contributed by atoms with E-state index < -0.39 is 11.9 Å². The van der Waals surface area contributed by atoms with Gasteiger partial charge in [0.05, 0.1) is 11.8 Å². The second-order valence-electron chi connectivity index (χ2n) is 5.75. The Bertz CT molecular complexity index is 371.